The van der Waals surface area contributed by atoms with Crippen molar-refractivity contribution in [1.29, 1.82) is 0 Å². The molecule has 1 fully saturated rings. The zero-order valence-electron chi connectivity index (χ0n) is 14.3. The highest BCUT2D eigenvalue weighted by Gasteiger charge is 2.26. The second-order valence-corrected chi connectivity index (χ2v) is 6.73. The van der Waals surface area contributed by atoms with Crippen LogP contribution in [-0.2, 0) is 4.79 Å². The van der Waals surface area contributed by atoms with Crippen molar-refractivity contribution in [3.63, 3.8) is 0 Å². The SMILES string of the molecule is Cc1cc2cc(NC(=O)C(C)N(C)C3CCCCC3)ccc2o1. The molecule has 124 valence electrons. The molecule has 3 rings (SSSR count). The first-order chi connectivity index (χ1) is 11.0. The molecule has 4 nitrogen and oxygen atoms in total. The molecule has 4 heteroatoms. The van der Waals surface area contributed by atoms with Crippen LogP contribution >= 0.6 is 0 Å². The van der Waals surface area contributed by atoms with Gasteiger partial charge in [0, 0.05) is 17.1 Å². The number of rotatable bonds is 4. The monoisotopic (exact) mass is 314 g/mol. The predicted octanol–water partition coefficient (Wildman–Crippen LogP) is 4.33. The molecule has 0 radical (unpaired) electrons. The predicted molar refractivity (Wildman–Crippen MR) is 93.7 cm³/mol. The number of amides is 1. The lowest BCUT2D eigenvalue weighted by atomic mass is 9.93. The van der Waals surface area contributed by atoms with Crippen LogP contribution in [0.5, 0.6) is 0 Å². The minimum Gasteiger partial charge on any atom is -0.461 e. The molecule has 1 N–H and O–H groups in total. The van der Waals surface area contributed by atoms with Gasteiger partial charge in [-0.1, -0.05) is 19.3 Å². The van der Waals surface area contributed by atoms with Crippen LogP contribution in [0.2, 0.25) is 0 Å². The minimum absolute atomic E-state index is 0.0534. The van der Waals surface area contributed by atoms with Crippen molar-refractivity contribution in [2.75, 3.05) is 12.4 Å². The lowest BCUT2D eigenvalue weighted by Crippen LogP contribution is -2.46. The number of carbonyl (C=O) groups excluding carboxylic acids is 1. The molecule has 1 aromatic heterocycles. The number of benzene rings is 1. The molecule has 1 atom stereocenters. The molecule has 1 saturated carbocycles. The first-order valence-corrected chi connectivity index (χ1v) is 8.57. The normalized spacial score (nSPS) is 17.6. The van der Waals surface area contributed by atoms with Gasteiger partial charge in [-0.15, -0.1) is 0 Å². The van der Waals surface area contributed by atoms with Gasteiger partial charge < -0.3 is 9.73 Å². The third-order valence-electron chi connectivity index (χ3n) is 5.05. The zero-order chi connectivity index (χ0) is 16.4. The Balaban J connectivity index is 1.66. The molecular weight excluding hydrogens is 288 g/mol. The molecule has 0 aliphatic heterocycles. The van der Waals surface area contributed by atoms with E-state index in [4.69, 9.17) is 4.42 Å². The highest BCUT2D eigenvalue weighted by atomic mass is 16.3. The second-order valence-electron chi connectivity index (χ2n) is 6.73. The first-order valence-electron chi connectivity index (χ1n) is 8.57. The smallest absolute Gasteiger partial charge is 0.241 e. The van der Waals surface area contributed by atoms with Gasteiger partial charge in [-0.2, -0.15) is 0 Å². The quantitative estimate of drug-likeness (QED) is 0.913. The van der Waals surface area contributed by atoms with E-state index in [1.54, 1.807) is 0 Å². The first kappa shape index (κ1) is 16.1. The summed E-state index contributed by atoms with van der Waals surface area (Å²) in [6.07, 6.45) is 6.29. The summed E-state index contributed by atoms with van der Waals surface area (Å²) < 4.78 is 5.57. The summed E-state index contributed by atoms with van der Waals surface area (Å²) in [5.74, 6) is 0.937. The van der Waals surface area contributed by atoms with Gasteiger partial charge in [-0.3, -0.25) is 9.69 Å². The van der Waals surface area contributed by atoms with E-state index >= 15 is 0 Å². The van der Waals surface area contributed by atoms with Crippen molar-refractivity contribution >= 4 is 22.6 Å². The molecule has 0 spiro atoms. The molecule has 0 saturated heterocycles. The largest absolute Gasteiger partial charge is 0.461 e. The summed E-state index contributed by atoms with van der Waals surface area (Å²) in [7, 11) is 2.07. The summed E-state index contributed by atoms with van der Waals surface area (Å²) >= 11 is 0. The third kappa shape index (κ3) is 3.58. The van der Waals surface area contributed by atoms with Gasteiger partial charge in [0.05, 0.1) is 6.04 Å². The number of hydrogen-bond acceptors (Lipinski definition) is 3. The number of aryl methyl sites for hydroxylation is 1. The van der Waals surface area contributed by atoms with E-state index in [1.807, 2.05) is 38.1 Å². The second kappa shape index (κ2) is 6.75. The highest BCUT2D eigenvalue weighted by molar-refractivity contribution is 5.96. The van der Waals surface area contributed by atoms with E-state index in [-0.39, 0.29) is 11.9 Å². The molecule has 1 aliphatic rings. The number of furan rings is 1. The Bertz CT molecular complexity index is 686. The fraction of sp³-hybridized carbons (Fsp3) is 0.526. The Morgan fingerprint density at radius 3 is 2.74 bits per heavy atom. The summed E-state index contributed by atoms with van der Waals surface area (Å²) in [6.45, 7) is 3.92. The van der Waals surface area contributed by atoms with Gasteiger partial charge in [-0.25, -0.2) is 0 Å². The number of nitrogens with zero attached hydrogens (tertiary/aromatic N) is 1. The highest BCUT2D eigenvalue weighted by Crippen LogP contribution is 2.25. The van der Waals surface area contributed by atoms with Crippen LogP contribution in [0.1, 0.15) is 44.8 Å². The molecule has 1 aromatic carbocycles. The standard InChI is InChI=1S/C19H26N2O2/c1-13-11-15-12-16(9-10-18(15)23-13)20-19(22)14(2)21(3)17-7-5-4-6-8-17/h9-12,14,17H,4-8H2,1-3H3,(H,20,22). The lowest BCUT2D eigenvalue weighted by molar-refractivity contribution is -0.121. The van der Waals surface area contributed by atoms with Crippen LogP contribution in [0.4, 0.5) is 5.69 Å². The van der Waals surface area contributed by atoms with Crippen LogP contribution in [0, 0.1) is 6.92 Å². The molecule has 1 aliphatic carbocycles. The van der Waals surface area contributed by atoms with Crippen molar-refractivity contribution in [3.8, 4) is 0 Å². The van der Waals surface area contributed by atoms with Crippen LogP contribution in [0.15, 0.2) is 28.7 Å². The lowest BCUT2D eigenvalue weighted by Gasteiger charge is -2.34. The van der Waals surface area contributed by atoms with Gasteiger partial charge >= 0.3 is 0 Å². The van der Waals surface area contributed by atoms with Gasteiger partial charge in [0.2, 0.25) is 5.91 Å². The average Bonchev–Trinajstić information content (AvgIpc) is 2.93. The Labute approximate surface area is 137 Å². The Kier molecular flexibility index (Phi) is 4.71. The molecule has 1 heterocycles. The van der Waals surface area contributed by atoms with Gasteiger partial charge in [0.25, 0.3) is 0 Å². The maximum atomic E-state index is 12.6. The zero-order valence-corrected chi connectivity index (χ0v) is 14.3. The number of nitrogens with one attached hydrogen (secondary N) is 1. The van der Waals surface area contributed by atoms with Crippen LogP contribution < -0.4 is 5.32 Å². The fourth-order valence-electron chi connectivity index (χ4n) is 3.49. The molecule has 1 unspecified atom stereocenters. The number of carbonyl (C=O) groups is 1. The van der Waals surface area contributed by atoms with Gasteiger partial charge in [0.1, 0.15) is 11.3 Å². The average molecular weight is 314 g/mol. The van der Waals surface area contributed by atoms with Crippen molar-refractivity contribution in [2.45, 2.75) is 58.0 Å². The Hall–Kier alpha value is -1.81. The van der Waals surface area contributed by atoms with Crippen LogP contribution in [-0.4, -0.2) is 29.9 Å². The van der Waals surface area contributed by atoms with Crippen molar-refractivity contribution in [1.82, 2.24) is 4.90 Å². The fourth-order valence-corrected chi connectivity index (χ4v) is 3.49. The van der Waals surface area contributed by atoms with E-state index in [9.17, 15) is 4.79 Å². The van der Waals surface area contributed by atoms with Crippen molar-refractivity contribution in [3.05, 3.63) is 30.0 Å². The van der Waals surface area contributed by atoms with Crippen molar-refractivity contribution < 1.29 is 9.21 Å². The van der Waals surface area contributed by atoms with Gasteiger partial charge in [0.15, 0.2) is 0 Å². The maximum Gasteiger partial charge on any atom is 0.241 e. The minimum atomic E-state index is -0.125. The van der Waals surface area contributed by atoms with E-state index in [0.29, 0.717) is 6.04 Å². The van der Waals surface area contributed by atoms with E-state index in [1.165, 1.54) is 32.1 Å². The third-order valence-corrected chi connectivity index (χ3v) is 5.05. The molecular formula is C19H26N2O2. The molecule has 0 bridgehead atoms. The summed E-state index contributed by atoms with van der Waals surface area (Å²) in [5.41, 5.74) is 1.68. The summed E-state index contributed by atoms with van der Waals surface area (Å²) in [6, 6.07) is 8.17. The van der Waals surface area contributed by atoms with Crippen LogP contribution in [0.25, 0.3) is 11.0 Å². The molecule has 2 aromatic rings. The van der Waals surface area contributed by atoms with Crippen molar-refractivity contribution in [2.24, 2.45) is 0 Å². The number of anilines is 1. The Morgan fingerprint density at radius 2 is 2.00 bits per heavy atom. The number of hydrogen-bond donors (Lipinski definition) is 1. The number of fused-ring (bicyclic) bond motifs is 1. The van der Waals surface area contributed by atoms with Crippen LogP contribution in [0.3, 0.4) is 0 Å². The van der Waals surface area contributed by atoms with E-state index in [2.05, 4.69) is 17.3 Å². The van der Waals surface area contributed by atoms with E-state index < -0.39 is 0 Å². The number of likely N-dealkylation sites (N-methyl/N-ethyl adjacent to an activating group) is 1. The topological polar surface area (TPSA) is 45.5 Å². The summed E-state index contributed by atoms with van der Waals surface area (Å²) in [4.78, 5) is 14.8. The molecule has 1 amide bonds. The Morgan fingerprint density at radius 1 is 1.26 bits per heavy atom. The molecule has 23 heavy (non-hydrogen) atoms. The maximum absolute atomic E-state index is 12.6. The van der Waals surface area contributed by atoms with E-state index in [0.717, 1.165) is 22.4 Å². The van der Waals surface area contributed by atoms with Gasteiger partial charge in [-0.05, 0) is 58.0 Å². The summed E-state index contributed by atoms with van der Waals surface area (Å²) in [5, 5.41) is 4.06.